The molecule has 2 aromatic heterocycles. The highest BCUT2D eigenvalue weighted by Crippen LogP contribution is 2.29. The van der Waals surface area contributed by atoms with Gasteiger partial charge in [0.1, 0.15) is 5.03 Å². The number of H-pyrrole nitrogens is 1. The second-order valence-corrected chi connectivity index (χ2v) is 4.36. The molecule has 3 N–H and O–H groups in total. The van der Waals surface area contributed by atoms with Gasteiger partial charge < -0.3 is 10.5 Å². The fourth-order valence-corrected chi connectivity index (χ4v) is 2.28. The van der Waals surface area contributed by atoms with Crippen molar-refractivity contribution in [2.45, 2.75) is 23.7 Å². The molecule has 96 valence electrons. The minimum Gasteiger partial charge on any atom is -0.481 e. The van der Waals surface area contributed by atoms with Gasteiger partial charge in [-0.15, -0.1) is 5.10 Å². The summed E-state index contributed by atoms with van der Waals surface area (Å²) in [6.07, 6.45) is 0. The van der Waals surface area contributed by atoms with Crippen molar-refractivity contribution < 1.29 is 4.74 Å². The summed E-state index contributed by atoms with van der Waals surface area (Å²) in [7, 11) is 1.53. The number of methoxy groups -OCH3 is 1. The van der Waals surface area contributed by atoms with Gasteiger partial charge >= 0.3 is 5.69 Å². The number of nitrogen functional groups attached to an aromatic ring is 1. The fraction of sp³-hybridized carbons (Fsp3) is 0.300. The minimum absolute atomic E-state index is 0.249. The molecule has 0 aliphatic heterocycles. The van der Waals surface area contributed by atoms with Gasteiger partial charge in [-0.3, -0.25) is 4.57 Å². The number of nitrogens with one attached hydrogen (secondary N) is 1. The molecule has 0 radical (unpaired) electrons. The predicted molar refractivity (Wildman–Crippen MR) is 67.8 cm³/mol. The Morgan fingerprint density at radius 3 is 3.00 bits per heavy atom. The van der Waals surface area contributed by atoms with E-state index in [1.54, 1.807) is 12.1 Å². The van der Waals surface area contributed by atoms with Crippen LogP contribution in [0.3, 0.4) is 0 Å². The molecule has 7 nitrogen and oxygen atoms in total. The van der Waals surface area contributed by atoms with Gasteiger partial charge in [0.25, 0.3) is 0 Å². The van der Waals surface area contributed by atoms with Crippen LogP contribution < -0.4 is 16.2 Å². The number of hydrogen-bond acceptors (Lipinski definition) is 6. The van der Waals surface area contributed by atoms with E-state index in [4.69, 9.17) is 10.5 Å². The molecule has 2 heterocycles. The summed E-state index contributed by atoms with van der Waals surface area (Å²) in [5.41, 5.74) is 6.09. The first kappa shape index (κ1) is 12.5. The number of ether oxygens (including phenoxy) is 1. The quantitative estimate of drug-likeness (QED) is 0.847. The average Bonchev–Trinajstić information content (AvgIpc) is 2.72. The van der Waals surface area contributed by atoms with E-state index in [0.29, 0.717) is 28.3 Å². The standard InChI is InChI=1S/C10H13N5O2S/c1-3-15-9(16)13-14-10(15)18-8-6(11)4-5-7(12-8)17-2/h4-5H,3,11H2,1-2H3,(H,13,16). The number of anilines is 1. The first-order chi connectivity index (χ1) is 8.65. The van der Waals surface area contributed by atoms with E-state index in [1.807, 2.05) is 6.92 Å². The Bertz CT molecular complexity index is 607. The SMILES string of the molecule is CCn1c(Sc2nc(OC)ccc2N)n[nH]c1=O. The highest BCUT2D eigenvalue weighted by atomic mass is 32.2. The molecule has 0 unspecified atom stereocenters. The molecule has 2 rings (SSSR count). The lowest BCUT2D eigenvalue weighted by Crippen LogP contribution is -2.16. The molecular weight excluding hydrogens is 254 g/mol. The summed E-state index contributed by atoms with van der Waals surface area (Å²) in [5.74, 6) is 0.465. The number of rotatable bonds is 4. The Labute approximate surface area is 107 Å². The minimum atomic E-state index is -0.249. The molecule has 0 atom stereocenters. The van der Waals surface area contributed by atoms with Crippen LogP contribution in [0, 0.1) is 0 Å². The van der Waals surface area contributed by atoms with Crippen LogP contribution in [0.1, 0.15) is 6.92 Å². The maximum absolute atomic E-state index is 11.4. The van der Waals surface area contributed by atoms with Crippen molar-refractivity contribution in [2.24, 2.45) is 0 Å². The number of hydrogen-bond donors (Lipinski definition) is 2. The maximum atomic E-state index is 11.4. The van der Waals surface area contributed by atoms with Gasteiger partial charge in [0.15, 0.2) is 5.16 Å². The third-order valence-electron chi connectivity index (χ3n) is 2.30. The van der Waals surface area contributed by atoms with Crippen molar-refractivity contribution in [3.05, 3.63) is 22.6 Å². The van der Waals surface area contributed by atoms with Crippen molar-refractivity contribution in [2.75, 3.05) is 12.8 Å². The van der Waals surface area contributed by atoms with Crippen LogP contribution in [0.25, 0.3) is 0 Å². The Hall–Kier alpha value is -1.96. The van der Waals surface area contributed by atoms with Crippen LogP contribution in [0.2, 0.25) is 0 Å². The molecule has 0 fully saturated rings. The summed E-state index contributed by atoms with van der Waals surface area (Å²) in [6, 6.07) is 3.38. The summed E-state index contributed by atoms with van der Waals surface area (Å²) in [4.78, 5) is 15.6. The van der Waals surface area contributed by atoms with Crippen LogP contribution in [-0.4, -0.2) is 26.9 Å². The predicted octanol–water partition coefficient (Wildman–Crippen LogP) is 0.728. The molecule has 0 amide bonds. The Balaban J connectivity index is 2.36. The number of nitrogens with zero attached hydrogens (tertiary/aromatic N) is 3. The van der Waals surface area contributed by atoms with E-state index in [-0.39, 0.29) is 5.69 Å². The molecule has 0 saturated carbocycles. The van der Waals surface area contributed by atoms with Crippen LogP contribution in [-0.2, 0) is 6.54 Å². The first-order valence-corrected chi connectivity index (χ1v) is 6.11. The van der Waals surface area contributed by atoms with Gasteiger partial charge in [0.2, 0.25) is 5.88 Å². The van der Waals surface area contributed by atoms with E-state index in [2.05, 4.69) is 15.2 Å². The average molecular weight is 267 g/mol. The van der Waals surface area contributed by atoms with Crippen LogP contribution in [0.4, 0.5) is 5.69 Å². The molecule has 18 heavy (non-hydrogen) atoms. The summed E-state index contributed by atoms with van der Waals surface area (Å²) >= 11 is 1.22. The van der Waals surface area contributed by atoms with Gasteiger partial charge in [0, 0.05) is 12.6 Å². The Morgan fingerprint density at radius 1 is 1.56 bits per heavy atom. The first-order valence-electron chi connectivity index (χ1n) is 5.29. The monoisotopic (exact) mass is 267 g/mol. The number of nitrogens with two attached hydrogens (primary N) is 1. The summed E-state index contributed by atoms with van der Waals surface area (Å²) in [6.45, 7) is 2.39. The van der Waals surface area contributed by atoms with E-state index >= 15 is 0 Å². The third kappa shape index (κ3) is 2.33. The third-order valence-corrected chi connectivity index (χ3v) is 3.32. The fourth-order valence-electron chi connectivity index (χ4n) is 1.38. The van der Waals surface area contributed by atoms with Gasteiger partial charge in [-0.1, -0.05) is 0 Å². The van der Waals surface area contributed by atoms with Crippen molar-refractivity contribution in [1.82, 2.24) is 19.7 Å². The largest absolute Gasteiger partial charge is 0.481 e. The molecule has 0 aliphatic rings. The smallest absolute Gasteiger partial charge is 0.343 e. The molecule has 0 bridgehead atoms. The zero-order valence-corrected chi connectivity index (χ0v) is 10.8. The second-order valence-electron chi connectivity index (χ2n) is 3.41. The van der Waals surface area contributed by atoms with Crippen molar-refractivity contribution in [3.8, 4) is 5.88 Å². The lowest BCUT2D eigenvalue weighted by Gasteiger charge is -2.06. The highest BCUT2D eigenvalue weighted by Gasteiger charge is 2.12. The van der Waals surface area contributed by atoms with E-state index in [0.717, 1.165) is 0 Å². The summed E-state index contributed by atoms with van der Waals surface area (Å²) in [5, 5.41) is 7.41. The number of pyridine rings is 1. The molecule has 8 heteroatoms. The van der Waals surface area contributed by atoms with Crippen molar-refractivity contribution >= 4 is 17.4 Å². The van der Waals surface area contributed by atoms with Crippen molar-refractivity contribution in [1.29, 1.82) is 0 Å². The van der Waals surface area contributed by atoms with Crippen LogP contribution >= 0.6 is 11.8 Å². The van der Waals surface area contributed by atoms with Gasteiger partial charge in [-0.05, 0) is 24.8 Å². The zero-order chi connectivity index (χ0) is 13.1. The molecule has 2 aromatic rings. The van der Waals surface area contributed by atoms with Crippen LogP contribution in [0.5, 0.6) is 5.88 Å². The van der Waals surface area contributed by atoms with Crippen LogP contribution in [0.15, 0.2) is 27.1 Å². The van der Waals surface area contributed by atoms with Gasteiger partial charge in [0.05, 0.1) is 12.8 Å². The Morgan fingerprint density at radius 2 is 2.33 bits per heavy atom. The topological polar surface area (TPSA) is 98.8 Å². The van der Waals surface area contributed by atoms with Gasteiger partial charge in [-0.25, -0.2) is 14.9 Å². The molecule has 0 aliphatic carbocycles. The van der Waals surface area contributed by atoms with E-state index in [9.17, 15) is 4.79 Å². The molecule has 0 aromatic carbocycles. The van der Waals surface area contributed by atoms with E-state index in [1.165, 1.54) is 23.4 Å². The normalized spacial score (nSPS) is 10.6. The molecular formula is C10H13N5O2S. The molecule has 0 spiro atoms. The lowest BCUT2D eigenvalue weighted by molar-refractivity contribution is 0.395. The number of aromatic amines is 1. The highest BCUT2D eigenvalue weighted by molar-refractivity contribution is 7.99. The molecule has 0 saturated heterocycles. The summed E-state index contributed by atoms with van der Waals surface area (Å²) < 4.78 is 6.54. The Kier molecular flexibility index (Phi) is 3.56. The number of aromatic nitrogens is 4. The van der Waals surface area contributed by atoms with E-state index < -0.39 is 0 Å². The van der Waals surface area contributed by atoms with Gasteiger partial charge in [-0.2, -0.15) is 0 Å². The lowest BCUT2D eigenvalue weighted by atomic mass is 10.4. The zero-order valence-electron chi connectivity index (χ0n) is 10.0. The second kappa shape index (κ2) is 5.13. The van der Waals surface area contributed by atoms with Crippen molar-refractivity contribution in [3.63, 3.8) is 0 Å². The maximum Gasteiger partial charge on any atom is 0.343 e.